The first-order valence-corrected chi connectivity index (χ1v) is 6.66. The van der Waals surface area contributed by atoms with Crippen LogP contribution in [0, 0.1) is 0 Å². The predicted molar refractivity (Wildman–Crippen MR) is 74.0 cm³/mol. The molecule has 1 aromatic carbocycles. The predicted octanol–water partition coefficient (Wildman–Crippen LogP) is 2.29. The van der Waals surface area contributed by atoms with Crippen LogP contribution >= 0.6 is 11.3 Å². The number of anilines is 1. The zero-order chi connectivity index (χ0) is 15.6. The monoisotopic (exact) mass is 319 g/mol. The van der Waals surface area contributed by atoms with E-state index in [-0.39, 0.29) is 6.29 Å². The molecule has 5 nitrogen and oxygen atoms in total. The van der Waals surface area contributed by atoms with Gasteiger partial charge in [-0.05, 0) is 6.07 Å². The molecule has 114 valence electrons. The molecule has 9 heteroatoms. The summed E-state index contributed by atoms with van der Waals surface area (Å²) in [5, 5.41) is 14.8. The first-order chi connectivity index (χ1) is 9.79. The number of carbonyl (C=O) groups is 1. The van der Waals surface area contributed by atoms with Crippen LogP contribution in [-0.2, 0) is 11.3 Å². The maximum atomic E-state index is 10.6. The molecular formula is C12H12F3N3O2S. The SMILES string of the molecule is NC1NCc2sc3ccccc3c2N1.O=C(O)C(F)(F)F. The fraction of sp³-hybridized carbons (Fsp3) is 0.250. The van der Waals surface area contributed by atoms with Crippen LogP contribution < -0.4 is 16.4 Å². The van der Waals surface area contributed by atoms with Crippen LogP contribution in [0.4, 0.5) is 18.9 Å². The van der Waals surface area contributed by atoms with Crippen LogP contribution in [0.2, 0.25) is 0 Å². The molecule has 0 fully saturated rings. The van der Waals surface area contributed by atoms with Crippen LogP contribution in [-0.4, -0.2) is 23.5 Å². The summed E-state index contributed by atoms with van der Waals surface area (Å²) in [7, 11) is 0. The van der Waals surface area contributed by atoms with Crippen molar-refractivity contribution in [1.29, 1.82) is 0 Å². The van der Waals surface area contributed by atoms with Gasteiger partial charge in [0.05, 0.1) is 5.69 Å². The van der Waals surface area contributed by atoms with E-state index in [1.165, 1.54) is 20.7 Å². The van der Waals surface area contributed by atoms with Crippen LogP contribution in [0.3, 0.4) is 0 Å². The number of carboxylic acids is 1. The first kappa shape index (κ1) is 15.5. The van der Waals surface area contributed by atoms with Gasteiger partial charge in [-0.2, -0.15) is 13.2 Å². The number of carboxylic acid groups (broad SMARTS) is 1. The summed E-state index contributed by atoms with van der Waals surface area (Å²) in [4.78, 5) is 10.2. The minimum absolute atomic E-state index is 0.125. The fourth-order valence-corrected chi connectivity index (χ4v) is 2.91. The number of alkyl halides is 3. The van der Waals surface area contributed by atoms with Crippen molar-refractivity contribution in [2.24, 2.45) is 5.73 Å². The molecule has 1 aliphatic rings. The number of fused-ring (bicyclic) bond motifs is 3. The molecule has 1 aliphatic heterocycles. The molecule has 0 radical (unpaired) electrons. The molecule has 2 aromatic rings. The minimum atomic E-state index is -5.08. The largest absolute Gasteiger partial charge is 0.490 e. The third-order valence-corrected chi connectivity index (χ3v) is 3.86. The van der Waals surface area contributed by atoms with Crippen molar-refractivity contribution in [3.63, 3.8) is 0 Å². The molecule has 3 rings (SSSR count). The molecule has 0 aliphatic carbocycles. The third-order valence-electron chi connectivity index (χ3n) is 2.69. The summed E-state index contributed by atoms with van der Waals surface area (Å²) in [6, 6.07) is 8.41. The lowest BCUT2D eigenvalue weighted by Gasteiger charge is -2.22. The van der Waals surface area contributed by atoms with Gasteiger partial charge in [-0.1, -0.05) is 18.2 Å². The van der Waals surface area contributed by atoms with E-state index in [1.54, 1.807) is 0 Å². The van der Waals surface area contributed by atoms with Gasteiger partial charge < -0.3 is 10.4 Å². The topological polar surface area (TPSA) is 87.4 Å². The number of nitrogens with two attached hydrogens (primary N) is 1. The molecule has 0 saturated heterocycles. The number of halogens is 3. The number of thiophene rings is 1. The van der Waals surface area contributed by atoms with Crippen molar-refractivity contribution in [2.45, 2.75) is 19.0 Å². The zero-order valence-corrected chi connectivity index (χ0v) is 11.4. The van der Waals surface area contributed by atoms with E-state index in [1.807, 2.05) is 11.3 Å². The van der Waals surface area contributed by atoms with E-state index in [9.17, 15) is 13.2 Å². The highest BCUT2D eigenvalue weighted by molar-refractivity contribution is 7.19. The fourth-order valence-electron chi connectivity index (χ4n) is 1.79. The molecule has 21 heavy (non-hydrogen) atoms. The van der Waals surface area contributed by atoms with E-state index in [0.29, 0.717) is 0 Å². The van der Waals surface area contributed by atoms with Gasteiger partial charge in [0.2, 0.25) is 0 Å². The quantitative estimate of drug-likeness (QED) is 0.598. The van der Waals surface area contributed by atoms with Crippen molar-refractivity contribution in [2.75, 3.05) is 5.32 Å². The standard InChI is InChI=1S/C10H11N3S.C2HF3O2/c11-10-12-5-8-9(13-10)6-3-1-2-4-7(6)14-8;3-2(4,5)1(6)7/h1-4,10,12-13H,5,11H2;(H,6,7). The third kappa shape index (κ3) is 3.63. The van der Waals surface area contributed by atoms with E-state index < -0.39 is 12.1 Å². The average Bonchev–Trinajstić information content (AvgIpc) is 2.76. The van der Waals surface area contributed by atoms with Crippen LogP contribution in [0.25, 0.3) is 10.1 Å². The molecule has 5 N–H and O–H groups in total. The van der Waals surface area contributed by atoms with Gasteiger partial charge in [-0.25, -0.2) is 4.79 Å². The highest BCUT2D eigenvalue weighted by atomic mass is 32.1. The molecule has 2 heterocycles. The molecule has 0 saturated carbocycles. The molecular weight excluding hydrogens is 307 g/mol. The second kappa shape index (κ2) is 5.88. The minimum Gasteiger partial charge on any atom is -0.475 e. The second-order valence-electron chi connectivity index (χ2n) is 4.20. The molecule has 0 amide bonds. The number of rotatable bonds is 0. The van der Waals surface area contributed by atoms with Crippen LogP contribution in [0.1, 0.15) is 4.88 Å². The summed E-state index contributed by atoms with van der Waals surface area (Å²) in [5.41, 5.74) is 6.99. The van der Waals surface area contributed by atoms with Gasteiger partial charge in [0.15, 0.2) is 0 Å². The summed E-state index contributed by atoms with van der Waals surface area (Å²) in [6.07, 6.45) is -5.21. The Labute approximate surface area is 121 Å². The zero-order valence-electron chi connectivity index (χ0n) is 10.6. The van der Waals surface area contributed by atoms with Gasteiger partial charge in [-0.15, -0.1) is 11.3 Å². The van der Waals surface area contributed by atoms with Gasteiger partial charge >= 0.3 is 12.1 Å². The molecule has 0 spiro atoms. The lowest BCUT2D eigenvalue weighted by molar-refractivity contribution is -0.192. The maximum Gasteiger partial charge on any atom is 0.490 e. The average molecular weight is 319 g/mol. The normalized spacial score (nSPS) is 17.4. The van der Waals surface area contributed by atoms with Crippen LogP contribution in [0.5, 0.6) is 0 Å². The number of hydrogen-bond donors (Lipinski definition) is 4. The molecule has 0 bridgehead atoms. The van der Waals surface area contributed by atoms with Crippen molar-refractivity contribution in [3.8, 4) is 0 Å². The number of hydrogen-bond acceptors (Lipinski definition) is 5. The van der Waals surface area contributed by atoms with Gasteiger partial charge in [0, 0.05) is 21.5 Å². The Balaban J connectivity index is 0.000000199. The van der Waals surface area contributed by atoms with Gasteiger partial charge in [0.1, 0.15) is 6.29 Å². The van der Waals surface area contributed by atoms with E-state index >= 15 is 0 Å². The first-order valence-electron chi connectivity index (χ1n) is 5.85. The number of aliphatic carboxylic acids is 1. The van der Waals surface area contributed by atoms with E-state index in [2.05, 4.69) is 34.9 Å². The molecule has 1 unspecified atom stereocenters. The van der Waals surface area contributed by atoms with Crippen molar-refractivity contribution in [3.05, 3.63) is 29.1 Å². The Morgan fingerprint density at radius 2 is 2.00 bits per heavy atom. The smallest absolute Gasteiger partial charge is 0.475 e. The lowest BCUT2D eigenvalue weighted by atomic mass is 10.2. The van der Waals surface area contributed by atoms with Crippen molar-refractivity contribution < 1.29 is 23.1 Å². The van der Waals surface area contributed by atoms with Crippen LogP contribution in [0.15, 0.2) is 24.3 Å². The Morgan fingerprint density at radius 1 is 1.38 bits per heavy atom. The highest BCUT2D eigenvalue weighted by Crippen LogP contribution is 2.36. The summed E-state index contributed by atoms with van der Waals surface area (Å²) in [6.45, 7) is 0.864. The number of nitrogens with one attached hydrogen (secondary N) is 2. The second-order valence-corrected chi connectivity index (χ2v) is 5.34. The van der Waals surface area contributed by atoms with Gasteiger partial charge in [-0.3, -0.25) is 11.1 Å². The molecule has 1 atom stereocenters. The Bertz CT molecular complexity index is 657. The van der Waals surface area contributed by atoms with Crippen molar-refractivity contribution in [1.82, 2.24) is 5.32 Å². The van der Waals surface area contributed by atoms with E-state index in [4.69, 9.17) is 15.6 Å². The summed E-state index contributed by atoms with van der Waals surface area (Å²) < 4.78 is 33.1. The van der Waals surface area contributed by atoms with Crippen molar-refractivity contribution >= 4 is 33.1 Å². The Kier molecular flexibility index (Phi) is 4.35. The Hall–Kier alpha value is -1.84. The van der Waals surface area contributed by atoms with E-state index in [0.717, 1.165) is 6.54 Å². The maximum absolute atomic E-state index is 10.6. The lowest BCUT2D eigenvalue weighted by Crippen LogP contribution is -2.46. The molecule has 1 aromatic heterocycles. The summed E-state index contributed by atoms with van der Waals surface area (Å²) in [5.74, 6) is -2.76. The number of benzene rings is 1. The highest BCUT2D eigenvalue weighted by Gasteiger charge is 2.38. The van der Waals surface area contributed by atoms with Gasteiger partial charge in [0.25, 0.3) is 0 Å². The summed E-state index contributed by atoms with van der Waals surface area (Å²) >= 11 is 1.82. The Morgan fingerprint density at radius 3 is 2.62 bits per heavy atom.